The average Bonchev–Trinajstić information content (AvgIpc) is 2.74. The third kappa shape index (κ3) is 3.75. The van der Waals surface area contributed by atoms with Gasteiger partial charge in [-0.1, -0.05) is 0 Å². The number of hydrogen-bond donors (Lipinski definition) is 3. The fourth-order valence-corrected chi connectivity index (χ4v) is 2.69. The molecule has 0 aliphatic carbocycles. The number of methoxy groups -OCH3 is 1. The smallest absolute Gasteiger partial charge is 0.411 e. The lowest BCUT2D eigenvalue weighted by molar-refractivity contribution is -0.118. The molecule has 0 radical (unpaired) electrons. The number of halogens is 1. The van der Waals surface area contributed by atoms with Crippen molar-refractivity contribution in [1.29, 1.82) is 0 Å². The summed E-state index contributed by atoms with van der Waals surface area (Å²) in [5.41, 5.74) is 2.66. The Morgan fingerprint density at radius 1 is 1.38 bits per heavy atom. The maximum absolute atomic E-state index is 11.3. The van der Waals surface area contributed by atoms with Crippen LogP contribution in [-0.4, -0.2) is 30.6 Å². The van der Waals surface area contributed by atoms with Crippen LogP contribution >= 0.6 is 15.9 Å². The minimum absolute atomic E-state index is 0.0565. The lowest BCUT2D eigenvalue weighted by Gasteiger charge is -2.05. The molecule has 1 heterocycles. The molecule has 6 nitrogen and oxygen atoms in total. The Bertz CT molecular complexity index is 681. The summed E-state index contributed by atoms with van der Waals surface area (Å²) in [6.45, 7) is 2.04. The highest BCUT2D eigenvalue weighted by Gasteiger charge is 2.11. The molecule has 1 aromatic heterocycles. The molecule has 2 rings (SSSR count). The number of anilines is 1. The van der Waals surface area contributed by atoms with Crippen molar-refractivity contribution in [3.63, 3.8) is 0 Å². The molecule has 0 fully saturated rings. The number of aromatic amines is 1. The molecule has 2 aromatic rings. The molecule has 0 saturated heterocycles. The number of amides is 2. The van der Waals surface area contributed by atoms with Crippen molar-refractivity contribution in [2.45, 2.75) is 13.3 Å². The predicted octanol–water partition coefficient (Wildman–Crippen LogP) is 2.79. The first-order chi connectivity index (χ1) is 10.0. The fraction of sp³-hybridized carbons (Fsp3) is 0.286. The van der Waals surface area contributed by atoms with Crippen LogP contribution in [0.15, 0.2) is 22.8 Å². The van der Waals surface area contributed by atoms with Gasteiger partial charge in [0, 0.05) is 30.1 Å². The monoisotopic (exact) mass is 353 g/mol. The van der Waals surface area contributed by atoms with Crippen molar-refractivity contribution >= 4 is 44.5 Å². The van der Waals surface area contributed by atoms with E-state index < -0.39 is 6.09 Å². The Hall–Kier alpha value is -2.02. The van der Waals surface area contributed by atoms with E-state index in [0.29, 0.717) is 18.7 Å². The van der Waals surface area contributed by atoms with Gasteiger partial charge in [-0.25, -0.2) is 4.79 Å². The number of hydrogen-bond acceptors (Lipinski definition) is 3. The molecule has 3 N–H and O–H groups in total. The molecule has 0 unspecified atom stereocenters. The minimum Gasteiger partial charge on any atom is -0.453 e. The number of carbonyl (C=O) groups is 2. The number of aromatic nitrogens is 1. The summed E-state index contributed by atoms with van der Waals surface area (Å²) in [5.74, 6) is -0.0565. The summed E-state index contributed by atoms with van der Waals surface area (Å²) < 4.78 is 5.45. The van der Waals surface area contributed by atoms with Gasteiger partial charge in [0.25, 0.3) is 0 Å². The van der Waals surface area contributed by atoms with Crippen LogP contribution in [0.5, 0.6) is 0 Å². The standard InChI is InChI=1S/C14H16BrN3O3/c1-8(19)16-6-5-10-11-7-9(17-14(20)21-2)3-4-12(11)18-13(10)15/h3-4,7,18H,5-6H2,1-2H3,(H,16,19)(H,17,20). The van der Waals surface area contributed by atoms with Gasteiger partial charge in [0.2, 0.25) is 5.91 Å². The van der Waals surface area contributed by atoms with E-state index in [0.717, 1.165) is 21.1 Å². The average molecular weight is 354 g/mol. The first-order valence-electron chi connectivity index (χ1n) is 6.40. The Morgan fingerprint density at radius 2 is 2.14 bits per heavy atom. The Kier molecular flexibility index (Phi) is 4.85. The molecule has 2 amide bonds. The Morgan fingerprint density at radius 3 is 2.81 bits per heavy atom. The molecule has 21 heavy (non-hydrogen) atoms. The molecule has 0 bridgehead atoms. The van der Waals surface area contributed by atoms with Crippen LogP contribution in [0.2, 0.25) is 0 Å². The van der Waals surface area contributed by atoms with E-state index in [2.05, 4.69) is 36.3 Å². The summed E-state index contributed by atoms with van der Waals surface area (Å²) in [6.07, 6.45) is 0.172. The Labute approximate surface area is 130 Å². The topological polar surface area (TPSA) is 83.2 Å². The molecule has 0 atom stereocenters. The van der Waals surface area contributed by atoms with Crippen molar-refractivity contribution in [2.75, 3.05) is 19.0 Å². The van der Waals surface area contributed by atoms with E-state index in [1.165, 1.54) is 14.0 Å². The van der Waals surface area contributed by atoms with Gasteiger partial charge in [0.1, 0.15) is 0 Å². The van der Waals surface area contributed by atoms with Crippen LogP contribution in [0.3, 0.4) is 0 Å². The van der Waals surface area contributed by atoms with Crippen molar-refractivity contribution in [3.05, 3.63) is 28.4 Å². The molecule has 1 aromatic carbocycles. The predicted molar refractivity (Wildman–Crippen MR) is 84.4 cm³/mol. The third-order valence-corrected chi connectivity index (χ3v) is 3.71. The third-order valence-electron chi connectivity index (χ3n) is 3.03. The summed E-state index contributed by atoms with van der Waals surface area (Å²) in [6, 6.07) is 5.55. The van der Waals surface area contributed by atoms with Crippen LogP contribution in [0.25, 0.3) is 10.9 Å². The van der Waals surface area contributed by atoms with Crippen LogP contribution in [0, 0.1) is 0 Å². The van der Waals surface area contributed by atoms with Gasteiger partial charge >= 0.3 is 6.09 Å². The summed E-state index contributed by atoms with van der Waals surface area (Å²) in [5, 5.41) is 6.39. The van der Waals surface area contributed by atoms with Crippen molar-refractivity contribution in [1.82, 2.24) is 10.3 Å². The molecule has 112 valence electrons. The van der Waals surface area contributed by atoms with E-state index in [9.17, 15) is 9.59 Å². The number of nitrogens with one attached hydrogen (secondary N) is 3. The van der Waals surface area contributed by atoms with E-state index >= 15 is 0 Å². The summed E-state index contributed by atoms with van der Waals surface area (Å²) in [7, 11) is 1.32. The number of rotatable bonds is 4. The highest BCUT2D eigenvalue weighted by Crippen LogP contribution is 2.29. The normalized spacial score (nSPS) is 10.4. The molecule has 0 spiro atoms. The van der Waals surface area contributed by atoms with E-state index in [-0.39, 0.29) is 5.91 Å². The van der Waals surface area contributed by atoms with Gasteiger partial charge in [0.05, 0.1) is 11.7 Å². The second kappa shape index (κ2) is 6.62. The van der Waals surface area contributed by atoms with Gasteiger partial charge in [-0.2, -0.15) is 0 Å². The highest BCUT2D eigenvalue weighted by atomic mass is 79.9. The number of ether oxygens (including phenoxy) is 1. The van der Waals surface area contributed by atoms with Gasteiger partial charge in [-0.3, -0.25) is 10.1 Å². The number of H-pyrrole nitrogens is 1. The van der Waals surface area contributed by atoms with Crippen molar-refractivity contribution in [3.8, 4) is 0 Å². The van der Waals surface area contributed by atoms with Gasteiger partial charge in [0.15, 0.2) is 0 Å². The van der Waals surface area contributed by atoms with Gasteiger partial charge < -0.3 is 15.0 Å². The molecular weight excluding hydrogens is 338 g/mol. The summed E-state index contributed by atoms with van der Waals surface area (Å²) >= 11 is 3.49. The quantitative estimate of drug-likeness (QED) is 0.790. The molecule has 0 saturated carbocycles. The van der Waals surface area contributed by atoms with E-state index in [4.69, 9.17) is 0 Å². The number of benzene rings is 1. The SMILES string of the molecule is COC(=O)Nc1ccc2[nH]c(Br)c(CCNC(C)=O)c2c1. The zero-order valence-electron chi connectivity index (χ0n) is 11.7. The first-order valence-corrected chi connectivity index (χ1v) is 7.20. The van der Waals surface area contributed by atoms with Gasteiger partial charge in [-0.05, 0) is 46.1 Å². The second-order valence-corrected chi connectivity index (χ2v) is 5.32. The molecule has 7 heteroatoms. The fourth-order valence-electron chi connectivity index (χ4n) is 2.07. The van der Waals surface area contributed by atoms with Crippen LogP contribution < -0.4 is 10.6 Å². The lowest BCUT2D eigenvalue weighted by Crippen LogP contribution is -2.22. The molecule has 0 aliphatic heterocycles. The maximum Gasteiger partial charge on any atom is 0.411 e. The number of carbonyl (C=O) groups excluding carboxylic acids is 2. The zero-order chi connectivity index (χ0) is 15.4. The van der Waals surface area contributed by atoms with Crippen LogP contribution in [0.1, 0.15) is 12.5 Å². The van der Waals surface area contributed by atoms with Gasteiger partial charge in [-0.15, -0.1) is 0 Å². The summed E-state index contributed by atoms with van der Waals surface area (Å²) in [4.78, 5) is 25.4. The molecular formula is C14H16BrN3O3. The largest absolute Gasteiger partial charge is 0.453 e. The van der Waals surface area contributed by atoms with Crippen molar-refractivity contribution in [2.24, 2.45) is 0 Å². The maximum atomic E-state index is 11.3. The van der Waals surface area contributed by atoms with E-state index in [1.807, 2.05) is 12.1 Å². The van der Waals surface area contributed by atoms with Crippen molar-refractivity contribution < 1.29 is 14.3 Å². The van der Waals surface area contributed by atoms with Crippen LogP contribution in [-0.2, 0) is 16.0 Å². The first kappa shape index (κ1) is 15.4. The lowest BCUT2D eigenvalue weighted by atomic mass is 10.1. The Balaban J connectivity index is 2.26. The minimum atomic E-state index is -0.510. The number of fused-ring (bicyclic) bond motifs is 1. The highest BCUT2D eigenvalue weighted by molar-refractivity contribution is 9.10. The van der Waals surface area contributed by atoms with E-state index in [1.54, 1.807) is 6.07 Å². The zero-order valence-corrected chi connectivity index (χ0v) is 13.3. The second-order valence-electron chi connectivity index (χ2n) is 4.53. The molecule has 0 aliphatic rings. The van der Waals surface area contributed by atoms with Crippen LogP contribution in [0.4, 0.5) is 10.5 Å².